The van der Waals surface area contributed by atoms with E-state index in [-0.39, 0.29) is 0 Å². The average Bonchev–Trinajstić information content (AvgIpc) is 3.41. The lowest BCUT2D eigenvalue weighted by Crippen LogP contribution is -2.49. The number of likely N-dealkylation sites (N-methyl/N-ethyl adjacent to an activating group) is 1. The van der Waals surface area contributed by atoms with Crippen molar-refractivity contribution >= 4 is 51.0 Å². The number of hydrogen-bond donors (Lipinski definition) is 2. The van der Waals surface area contributed by atoms with E-state index in [0.29, 0.717) is 28.9 Å². The van der Waals surface area contributed by atoms with Gasteiger partial charge < -0.3 is 20.5 Å². The first kappa shape index (κ1) is 27.1. The lowest BCUT2D eigenvalue weighted by atomic mass is 9.89. The van der Waals surface area contributed by atoms with Crippen LogP contribution >= 0.6 is 11.6 Å². The van der Waals surface area contributed by atoms with Crippen LogP contribution in [-0.4, -0.2) is 73.6 Å². The van der Waals surface area contributed by atoms with E-state index in [1.165, 1.54) is 39.0 Å². The fourth-order valence-electron chi connectivity index (χ4n) is 6.60. The van der Waals surface area contributed by atoms with Crippen molar-refractivity contribution in [2.24, 2.45) is 0 Å². The average molecular weight is 582 g/mol. The molecular formula is C32H36ClN9. The highest BCUT2D eigenvalue weighted by molar-refractivity contribution is 6.36. The summed E-state index contributed by atoms with van der Waals surface area (Å²) in [5.41, 5.74) is 12.2. The highest BCUT2D eigenvalue weighted by atomic mass is 35.5. The summed E-state index contributed by atoms with van der Waals surface area (Å²) < 4.78 is 2.35. The van der Waals surface area contributed by atoms with Crippen molar-refractivity contribution in [2.75, 3.05) is 44.3 Å². The Hall–Kier alpha value is -3.79. The highest BCUT2D eigenvalue weighted by Gasteiger charge is 2.30. The summed E-state index contributed by atoms with van der Waals surface area (Å²) in [6, 6.07) is 13.3. The third kappa shape index (κ3) is 5.06. The second-order valence-corrected chi connectivity index (χ2v) is 12.1. The molecule has 2 aliphatic rings. The Morgan fingerprint density at radius 1 is 0.905 bits per heavy atom. The first-order valence-corrected chi connectivity index (χ1v) is 15.2. The molecule has 10 heteroatoms. The number of fused-ring (bicyclic) bond motifs is 2. The standard InChI is InChI=1S/C32H36ClN9/c1-20-3-12-27-25(29(20)33)17-35-32(39-27)38-22-6-4-21(5-7-22)26-18-42(31-28(26)30(34)36-19-37-31)24-10-8-23(9-11-24)41-15-13-40(2)14-16-41/h3-7,12,17-19,23-24H,8-11,13-16H2,1-2H3,(H2,34,36,37)(H,35,38,39)/t23-,24-. The number of piperazine rings is 1. The molecule has 0 unspecified atom stereocenters. The fraction of sp³-hybridized carbons (Fsp3) is 0.375. The van der Waals surface area contributed by atoms with Crippen LogP contribution in [0.15, 0.2) is 55.1 Å². The minimum Gasteiger partial charge on any atom is -0.383 e. The fourth-order valence-corrected chi connectivity index (χ4v) is 6.81. The Morgan fingerprint density at radius 2 is 1.64 bits per heavy atom. The van der Waals surface area contributed by atoms with Crippen LogP contribution in [0.25, 0.3) is 33.1 Å². The Balaban J connectivity index is 1.12. The van der Waals surface area contributed by atoms with E-state index in [1.807, 2.05) is 31.2 Å². The Kier molecular flexibility index (Phi) is 7.17. The molecule has 9 nitrogen and oxygen atoms in total. The van der Waals surface area contributed by atoms with E-state index in [2.05, 4.69) is 60.0 Å². The van der Waals surface area contributed by atoms with Gasteiger partial charge in [-0.3, -0.25) is 4.90 Å². The summed E-state index contributed by atoms with van der Waals surface area (Å²) in [5, 5.41) is 5.78. The number of aromatic nitrogens is 5. The Bertz CT molecular complexity index is 1730. The van der Waals surface area contributed by atoms with E-state index < -0.39 is 0 Å². The van der Waals surface area contributed by atoms with Crippen molar-refractivity contribution in [1.82, 2.24) is 34.3 Å². The van der Waals surface area contributed by atoms with Crippen LogP contribution in [0.4, 0.5) is 17.5 Å². The van der Waals surface area contributed by atoms with Crippen LogP contribution < -0.4 is 11.1 Å². The number of hydrogen-bond acceptors (Lipinski definition) is 8. The number of nitrogens with two attached hydrogens (primary N) is 1. The summed E-state index contributed by atoms with van der Waals surface area (Å²) in [6.07, 6.45) is 10.3. The molecule has 0 atom stereocenters. The van der Waals surface area contributed by atoms with Crippen molar-refractivity contribution in [1.29, 1.82) is 0 Å². The molecule has 0 radical (unpaired) electrons. The molecule has 2 aromatic carbocycles. The summed E-state index contributed by atoms with van der Waals surface area (Å²) >= 11 is 6.44. The second-order valence-electron chi connectivity index (χ2n) is 11.7. The maximum Gasteiger partial charge on any atom is 0.227 e. The molecule has 1 saturated carbocycles. The lowest BCUT2D eigenvalue weighted by Gasteiger charge is -2.41. The van der Waals surface area contributed by atoms with E-state index in [1.54, 1.807) is 12.5 Å². The lowest BCUT2D eigenvalue weighted by molar-refractivity contribution is 0.0828. The molecule has 3 aromatic heterocycles. The van der Waals surface area contributed by atoms with Crippen molar-refractivity contribution in [3.05, 3.63) is 65.7 Å². The smallest absolute Gasteiger partial charge is 0.227 e. The van der Waals surface area contributed by atoms with Gasteiger partial charge in [0.05, 0.1) is 15.9 Å². The van der Waals surface area contributed by atoms with E-state index in [4.69, 9.17) is 22.3 Å². The molecule has 2 fully saturated rings. The number of nitrogen functional groups attached to an aromatic ring is 1. The van der Waals surface area contributed by atoms with Crippen LogP contribution in [-0.2, 0) is 0 Å². The van der Waals surface area contributed by atoms with Gasteiger partial charge in [-0.1, -0.05) is 29.8 Å². The summed E-state index contributed by atoms with van der Waals surface area (Å²) in [6.45, 7) is 6.67. The van der Waals surface area contributed by atoms with Gasteiger partial charge in [0.25, 0.3) is 0 Å². The van der Waals surface area contributed by atoms with Crippen molar-refractivity contribution < 1.29 is 0 Å². The molecule has 1 aliphatic carbocycles. The molecule has 0 spiro atoms. The number of halogens is 1. The SMILES string of the molecule is Cc1ccc2nc(Nc3ccc(-c4cn([C@H]5CC[C@H](N6CCN(C)CC6)CC5)c5ncnc(N)c45)cc3)ncc2c1Cl. The monoisotopic (exact) mass is 581 g/mol. The van der Waals surface area contributed by atoms with Gasteiger partial charge in [0.2, 0.25) is 5.95 Å². The Morgan fingerprint density at radius 3 is 2.40 bits per heavy atom. The maximum absolute atomic E-state index is 6.45. The third-order valence-electron chi connectivity index (χ3n) is 9.10. The van der Waals surface area contributed by atoms with Gasteiger partial charge >= 0.3 is 0 Å². The quantitative estimate of drug-likeness (QED) is 0.258. The molecule has 1 aliphatic heterocycles. The maximum atomic E-state index is 6.45. The normalized spacial score (nSPS) is 20.4. The molecule has 0 amide bonds. The molecule has 7 rings (SSSR count). The largest absolute Gasteiger partial charge is 0.383 e. The van der Waals surface area contributed by atoms with Gasteiger partial charge in [0.15, 0.2) is 0 Å². The van der Waals surface area contributed by atoms with Gasteiger partial charge in [0, 0.05) is 67.3 Å². The van der Waals surface area contributed by atoms with Crippen LogP contribution in [0.1, 0.15) is 37.3 Å². The number of nitrogens with zero attached hydrogens (tertiary/aromatic N) is 7. The van der Waals surface area contributed by atoms with Gasteiger partial charge in [-0.05, 0) is 69.0 Å². The zero-order valence-corrected chi connectivity index (χ0v) is 24.8. The first-order valence-electron chi connectivity index (χ1n) is 14.8. The molecular weight excluding hydrogens is 546 g/mol. The number of benzene rings is 2. The van der Waals surface area contributed by atoms with E-state index >= 15 is 0 Å². The van der Waals surface area contributed by atoms with Crippen LogP contribution in [0, 0.1) is 6.92 Å². The molecule has 4 heterocycles. The molecule has 42 heavy (non-hydrogen) atoms. The predicted molar refractivity (Wildman–Crippen MR) is 170 cm³/mol. The number of rotatable bonds is 5. The Labute approximate surface area is 250 Å². The van der Waals surface area contributed by atoms with Gasteiger partial charge in [0.1, 0.15) is 17.8 Å². The molecule has 0 bridgehead atoms. The summed E-state index contributed by atoms with van der Waals surface area (Å²) in [4.78, 5) is 23.3. The minimum absolute atomic E-state index is 0.405. The third-order valence-corrected chi connectivity index (χ3v) is 9.60. The molecule has 216 valence electrons. The predicted octanol–water partition coefficient (Wildman–Crippen LogP) is 6.06. The van der Waals surface area contributed by atoms with E-state index in [9.17, 15) is 0 Å². The number of nitrogens with one attached hydrogen (secondary N) is 1. The van der Waals surface area contributed by atoms with Crippen molar-refractivity contribution in [3.63, 3.8) is 0 Å². The van der Waals surface area contributed by atoms with Gasteiger partial charge in [-0.15, -0.1) is 0 Å². The number of aryl methyl sites for hydroxylation is 1. The first-order chi connectivity index (χ1) is 20.4. The topological polar surface area (TPSA) is 101 Å². The van der Waals surface area contributed by atoms with Crippen LogP contribution in [0.5, 0.6) is 0 Å². The minimum atomic E-state index is 0.405. The molecule has 5 aromatic rings. The van der Waals surface area contributed by atoms with Crippen LogP contribution in [0.2, 0.25) is 5.02 Å². The van der Waals surface area contributed by atoms with E-state index in [0.717, 1.165) is 57.2 Å². The highest BCUT2D eigenvalue weighted by Crippen LogP contribution is 2.39. The number of anilines is 3. The molecule has 3 N–H and O–H groups in total. The van der Waals surface area contributed by atoms with Crippen molar-refractivity contribution in [3.8, 4) is 11.1 Å². The van der Waals surface area contributed by atoms with Crippen LogP contribution in [0.3, 0.4) is 0 Å². The van der Waals surface area contributed by atoms with Gasteiger partial charge in [-0.25, -0.2) is 19.9 Å². The van der Waals surface area contributed by atoms with Crippen molar-refractivity contribution in [2.45, 2.75) is 44.7 Å². The summed E-state index contributed by atoms with van der Waals surface area (Å²) in [7, 11) is 2.22. The zero-order valence-electron chi connectivity index (χ0n) is 24.1. The van der Waals surface area contributed by atoms with Gasteiger partial charge in [-0.2, -0.15) is 0 Å². The second kappa shape index (κ2) is 11.1. The molecule has 1 saturated heterocycles. The zero-order chi connectivity index (χ0) is 28.8. The summed E-state index contributed by atoms with van der Waals surface area (Å²) in [5.74, 6) is 1.04.